The lowest BCUT2D eigenvalue weighted by molar-refractivity contribution is -0.119. The molecule has 2 aromatic carbocycles. The molecule has 0 fully saturated rings. The van der Waals surface area contributed by atoms with Gasteiger partial charge in [0.2, 0.25) is 5.91 Å². The van der Waals surface area contributed by atoms with E-state index >= 15 is 0 Å². The van der Waals surface area contributed by atoms with Gasteiger partial charge in [-0.15, -0.1) is 0 Å². The summed E-state index contributed by atoms with van der Waals surface area (Å²) in [5.41, 5.74) is 3.50. The Bertz CT molecular complexity index is 964. The van der Waals surface area contributed by atoms with Crippen molar-refractivity contribution in [2.45, 2.75) is 51.3 Å². The predicted octanol–water partition coefficient (Wildman–Crippen LogP) is 4.55. The van der Waals surface area contributed by atoms with Gasteiger partial charge in [-0.2, -0.15) is 0 Å². The summed E-state index contributed by atoms with van der Waals surface area (Å²) in [6.45, 7) is 8.97. The number of sulfonamides is 1. The molecule has 0 aromatic heterocycles. The van der Waals surface area contributed by atoms with E-state index in [0.29, 0.717) is 36.9 Å². The molecule has 0 saturated carbocycles. The third-order valence-corrected chi connectivity index (χ3v) is 6.33. The fourth-order valence-electron chi connectivity index (χ4n) is 3.43. The molecule has 0 aliphatic carbocycles. The topological polar surface area (TPSA) is 66.5 Å². The molecule has 150 valence electrons. The number of anilines is 2. The second-order valence-electron chi connectivity index (χ2n) is 8.07. The minimum atomic E-state index is -3.66. The highest BCUT2D eigenvalue weighted by molar-refractivity contribution is 7.92. The van der Waals surface area contributed by atoms with Gasteiger partial charge >= 0.3 is 0 Å². The molecule has 1 N–H and O–H groups in total. The monoisotopic (exact) mass is 400 g/mol. The molecule has 1 aliphatic rings. The van der Waals surface area contributed by atoms with E-state index in [1.54, 1.807) is 18.2 Å². The predicted molar refractivity (Wildman–Crippen MR) is 113 cm³/mol. The zero-order valence-electron chi connectivity index (χ0n) is 16.9. The van der Waals surface area contributed by atoms with Gasteiger partial charge < -0.3 is 4.90 Å². The smallest absolute Gasteiger partial charge is 0.261 e. The molecule has 0 saturated heterocycles. The van der Waals surface area contributed by atoms with Crippen molar-refractivity contribution < 1.29 is 13.2 Å². The summed E-state index contributed by atoms with van der Waals surface area (Å²) in [4.78, 5) is 14.3. The highest BCUT2D eigenvalue weighted by Gasteiger charge is 2.25. The molecule has 5 nitrogen and oxygen atoms in total. The first-order valence-electron chi connectivity index (χ1n) is 9.73. The Morgan fingerprint density at radius 1 is 1.00 bits per heavy atom. The number of benzene rings is 2. The van der Waals surface area contributed by atoms with Crippen molar-refractivity contribution in [2.75, 3.05) is 16.2 Å². The van der Waals surface area contributed by atoms with Gasteiger partial charge in [-0.05, 0) is 59.7 Å². The lowest BCUT2D eigenvalue weighted by atomic mass is 9.99. The van der Waals surface area contributed by atoms with Gasteiger partial charge in [0.1, 0.15) is 0 Å². The summed E-state index contributed by atoms with van der Waals surface area (Å²) in [6, 6.07) is 12.4. The van der Waals surface area contributed by atoms with Gasteiger partial charge in [-0.1, -0.05) is 39.8 Å². The van der Waals surface area contributed by atoms with Crippen LogP contribution in [0.4, 0.5) is 11.4 Å². The molecule has 3 rings (SSSR count). The summed E-state index contributed by atoms with van der Waals surface area (Å²) in [5, 5.41) is 0. The highest BCUT2D eigenvalue weighted by Crippen LogP contribution is 2.31. The third-order valence-electron chi connectivity index (χ3n) is 4.94. The van der Waals surface area contributed by atoms with Gasteiger partial charge in [-0.3, -0.25) is 9.52 Å². The fourth-order valence-corrected chi connectivity index (χ4v) is 4.48. The Morgan fingerprint density at radius 2 is 1.68 bits per heavy atom. The first-order valence-corrected chi connectivity index (χ1v) is 11.2. The normalized spacial score (nSPS) is 14.5. The second-order valence-corrected chi connectivity index (χ2v) is 9.75. The largest absolute Gasteiger partial charge is 0.312 e. The molecule has 1 heterocycles. The Morgan fingerprint density at radius 3 is 2.29 bits per heavy atom. The molecule has 0 bridgehead atoms. The number of fused-ring (bicyclic) bond motifs is 1. The molecule has 28 heavy (non-hydrogen) atoms. The van der Waals surface area contributed by atoms with Crippen LogP contribution in [0.2, 0.25) is 0 Å². The highest BCUT2D eigenvalue weighted by atomic mass is 32.2. The van der Waals surface area contributed by atoms with Crippen LogP contribution in [0.1, 0.15) is 51.2 Å². The van der Waals surface area contributed by atoms with Crippen LogP contribution >= 0.6 is 0 Å². The minimum absolute atomic E-state index is 0.125. The summed E-state index contributed by atoms with van der Waals surface area (Å²) in [6.07, 6.45) is 1.08. The van der Waals surface area contributed by atoms with Crippen molar-refractivity contribution in [2.24, 2.45) is 5.92 Å². The third kappa shape index (κ3) is 4.38. The zero-order valence-corrected chi connectivity index (χ0v) is 17.7. The van der Waals surface area contributed by atoms with E-state index in [-0.39, 0.29) is 10.8 Å². The Kier molecular flexibility index (Phi) is 5.79. The lowest BCUT2D eigenvalue weighted by Crippen LogP contribution is -2.37. The summed E-state index contributed by atoms with van der Waals surface area (Å²) in [5.74, 6) is 0.837. The van der Waals surface area contributed by atoms with Gasteiger partial charge in [0.15, 0.2) is 0 Å². The van der Waals surface area contributed by atoms with Crippen molar-refractivity contribution in [1.29, 1.82) is 0 Å². The number of carbonyl (C=O) groups is 1. The number of carbonyl (C=O) groups excluding carboxylic acids is 1. The molecule has 1 aliphatic heterocycles. The van der Waals surface area contributed by atoms with Gasteiger partial charge in [0.05, 0.1) is 4.90 Å². The molecule has 1 amide bonds. The van der Waals surface area contributed by atoms with Gasteiger partial charge in [0.25, 0.3) is 10.0 Å². The lowest BCUT2D eigenvalue weighted by Gasteiger charge is -2.31. The van der Waals surface area contributed by atoms with Gasteiger partial charge in [-0.25, -0.2) is 8.42 Å². The summed E-state index contributed by atoms with van der Waals surface area (Å²) < 4.78 is 28.1. The van der Waals surface area contributed by atoms with E-state index in [0.717, 1.165) is 16.8 Å². The number of nitrogens with zero attached hydrogens (tertiary/aromatic N) is 1. The molecule has 0 unspecified atom stereocenters. The standard InChI is InChI=1S/C22H28N2O3S/c1-15(2)14-24-21-11-8-19(13-18(21)7-12-22(24)25)23-28(26,27)20-9-5-17(6-10-20)16(3)4/h5-6,8-11,13,15-16,23H,7,12,14H2,1-4H3. The molecule has 6 heteroatoms. The van der Waals surface area contributed by atoms with E-state index in [2.05, 4.69) is 32.4 Å². The average Bonchev–Trinajstić information content (AvgIpc) is 2.63. The number of hydrogen-bond acceptors (Lipinski definition) is 3. The van der Waals surface area contributed by atoms with Crippen molar-refractivity contribution in [1.82, 2.24) is 0 Å². The molecular formula is C22H28N2O3S. The Hall–Kier alpha value is -2.34. The van der Waals surface area contributed by atoms with Crippen LogP contribution in [-0.4, -0.2) is 20.9 Å². The van der Waals surface area contributed by atoms with Crippen LogP contribution in [0.5, 0.6) is 0 Å². The number of nitrogens with one attached hydrogen (secondary N) is 1. The maximum Gasteiger partial charge on any atom is 0.261 e. The first kappa shape index (κ1) is 20.4. The average molecular weight is 401 g/mol. The van der Waals surface area contributed by atoms with Crippen molar-refractivity contribution in [3.8, 4) is 0 Å². The molecule has 0 spiro atoms. The van der Waals surface area contributed by atoms with E-state index in [4.69, 9.17) is 0 Å². The van der Waals surface area contributed by atoms with E-state index < -0.39 is 10.0 Å². The van der Waals surface area contributed by atoms with Crippen molar-refractivity contribution in [3.63, 3.8) is 0 Å². The fraction of sp³-hybridized carbons (Fsp3) is 0.409. The second kappa shape index (κ2) is 7.95. The molecule has 2 aromatic rings. The molecular weight excluding hydrogens is 372 g/mol. The molecule has 0 atom stereocenters. The summed E-state index contributed by atoms with van der Waals surface area (Å²) >= 11 is 0. The first-order chi connectivity index (χ1) is 13.2. The van der Waals surface area contributed by atoms with Crippen LogP contribution < -0.4 is 9.62 Å². The van der Waals surface area contributed by atoms with Crippen LogP contribution in [0.3, 0.4) is 0 Å². The van der Waals surface area contributed by atoms with Crippen molar-refractivity contribution >= 4 is 27.3 Å². The minimum Gasteiger partial charge on any atom is -0.312 e. The van der Waals surface area contributed by atoms with Crippen LogP contribution in [0, 0.1) is 5.92 Å². The van der Waals surface area contributed by atoms with E-state index in [1.165, 1.54) is 0 Å². The summed E-state index contributed by atoms with van der Waals surface area (Å²) in [7, 11) is -3.66. The van der Waals surface area contributed by atoms with E-state index in [1.807, 2.05) is 29.2 Å². The van der Waals surface area contributed by atoms with Gasteiger partial charge in [0, 0.05) is 24.3 Å². The van der Waals surface area contributed by atoms with E-state index in [9.17, 15) is 13.2 Å². The number of aryl methyl sites for hydroxylation is 1. The maximum atomic E-state index is 12.7. The zero-order chi connectivity index (χ0) is 20.5. The quantitative estimate of drug-likeness (QED) is 0.774. The van der Waals surface area contributed by atoms with Crippen LogP contribution in [0.25, 0.3) is 0 Å². The molecule has 0 radical (unpaired) electrons. The Balaban J connectivity index is 1.84. The number of hydrogen-bond donors (Lipinski definition) is 1. The van der Waals surface area contributed by atoms with Crippen LogP contribution in [0.15, 0.2) is 47.4 Å². The SMILES string of the molecule is CC(C)CN1C(=O)CCc2cc(NS(=O)(=O)c3ccc(C(C)C)cc3)ccc21. The Labute approximate surface area is 167 Å². The van der Waals surface area contributed by atoms with Crippen molar-refractivity contribution in [3.05, 3.63) is 53.6 Å². The van der Waals surface area contributed by atoms with Crippen LogP contribution in [-0.2, 0) is 21.2 Å². The maximum absolute atomic E-state index is 12.7. The number of amides is 1. The number of rotatable bonds is 6.